The summed E-state index contributed by atoms with van der Waals surface area (Å²) in [5.74, 6) is 1.01. The number of aryl methyl sites for hydroxylation is 2. The quantitative estimate of drug-likeness (QED) is 0.875. The minimum atomic E-state index is 0.381. The summed E-state index contributed by atoms with van der Waals surface area (Å²) in [6, 6.07) is 6.28. The highest BCUT2D eigenvalue weighted by molar-refractivity contribution is 9.10. The molecule has 0 aliphatic rings. The molecule has 90 valence electrons. The van der Waals surface area contributed by atoms with Gasteiger partial charge in [0.2, 0.25) is 5.89 Å². The number of benzene rings is 1. The highest BCUT2D eigenvalue weighted by atomic mass is 79.9. The van der Waals surface area contributed by atoms with Gasteiger partial charge in [-0.3, -0.25) is 0 Å². The first-order valence-corrected chi connectivity index (χ1v) is 6.43. The van der Waals surface area contributed by atoms with Crippen LogP contribution < -0.4 is 5.32 Å². The van der Waals surface area contributed by atoms with Crippen molar-refractivity contribution in [3.05, 3.63) is 34.1 Å². The molecule has 0 fully saturated rings. The zero-order valence-electron chi connectivity index (χ0n) is 9.20. The number of hydrogen-bond donors (Lipinski definition) is 1. The summed E-state index contributed by atoms with van der Waals surface area (Å²) < 4.78 is 6.43. The predicted octanol–water partition coefficient (Wildman–Crippen LogP) is 3.67. The van der Waals surface area contributed by atoms with Crippen LogP contribution in [0.3, 0.4) is 0 Å². The van der Waals surface area contributed by atoms with Crippen LogP contribution >= 0.6 is 27.5 Å². The summed E-state index contributed by atoms with van der Waals surface area (Å²) in [4.78, 5) is 0. The van der Waals surface area contributed by atoms with Gasteiger partial charge in [0.1, 0.15) is 0 Å². The topological polar surface area (TPSA) is 51.0 Å². The van der Waals surface area contributed by atoms with E-state index in [-0.39, 0.29) is 0 Å². The third kappa shape index (κ3) is 3.20. The Morgan fingerprint density at radius 3 is 2.94 bits per heavy atom. The molecule has 17 heavy (non-hydrogen) atoms. The molecule has 1 aromatic carbocycles. The molecule has 1 aromatic heterocycles. The van der Waals surface area contributed by atoms with Gasteiger partial charge in [0.15, 0.2) is 0 Å². The van der Waals surface area contributed by atoms with Crippen molar-refractivity contribution in [1.29, 1.82) is 0 Å². The fourth-order valence-corrected chi connectivity index (χ4v) is 1.74. The molecule has 2 aromatic rings. The number of nitrogens with one attached hydrogen (secondary N) is 1. The molecule has 6 heteroatoms. The van der Waals surface area contributed by atoms with Crippen molar-refractivity contribution < 1.29 is 4.42 Å². The van der Waals surface area contributed by atoms with E-state index in [4.69, 9.17) is 16.0 Å². The molecule has 1 heterocycles. The molecule has 2 rings (SSSR count). The molecule has 0 radical (unpaired) electrons. The SMILES string of the molecule is Cc1cc(Nc2nnc(CCCl)o2)ccc1Br. The standard InChI is InChI=1S/C11H11BrClN3O/c1-7-6-8(2-3-9(7)12)14-11-16-15-10(17-11)4-5-13/h2-3,6H,4-5H2,1H3,(H,14,16). The van der Waals surface area contributed by atoms with Gasteiger partial charge in [-0.25, -0.2) is 0 Å². The third-order valence-electron chi connectivity index (χ3n) is 2.18. The molecule has 0 amide bonds. The van der Waals surface area contributed by atoms with Crippen LogP contribution in [0.5, 0.6) is 0 Å². The molecule has 1 N–H and O–H groups in total. The molecular weight excluding hydrogens is 305 g/mol. The van der Waals surface area contributed by atoms with Crippen molar-refractivity contribution in [2.24, 2.45) is 0 Å². The summed E-state index contributed by atoms with van der Waals surface area (Å²) in [7, 11) is 0. The van der Waals surface area contributed by atoms with Crippen LogP contribution in [0.15, 0.2) is 27.1 Å². The van der Waals surface area contributed by atoms with Crippen LogP contribution in [0.1, 0.15) is 11.5 Å². The molecule has 4 nitrogen and oxygen atoms in total. The first kappa shape index (κ1) is 12.4. The van der Waals surface area contributed by atoms with Crippen LogP contribution in [0.25, 0.3) is 0 Å². The molecule has 0 atom stereocenters. The zero-order chi connectivity index (χ0) is 12.3. The van der Waals surface area contributed by atoms with Crippen LogP contribution in [0.4, 0.5) is 11.7 Å². The Morgan fingerprint density at radius 2 is 2.24 bits per heavy atom. The van der Waals surface area contributed by atoms with Crippen molar-refractivity contribution in [3.8, 4) is 0 Å². The van der Waals surface area contributed by atoms with Gasteiger partial charge in [0.25, 0.3) is 0 Å². The maximum atomic E-state index is 5.59. The zero-order valence-corrected chi connectivity index (χ0v) is 11.5. The van der Waals surface area contributed by atoms with Crippen LogP contribution in [0.2, 0.25) is 0 Å². The lowest BCUT2D eigenvalue weighted by atomic mass is 10.2. The summed E-state index contributed by atoms with van der Waals surface area (Å²) in [6.45, 7) is 2.02. The van der Waals surface area contributed by atoms with Crippen molar-refractivity contribution in [2.75, 3.05) is 11.2 Å². The van der Waals surface area contributed by atoms with E-state index in [9.17, 15) is 0 Å². The Labute approximate surface area is 113 Å². The van der Waals surface area contributed by atoms with E-state index < -0.39 is 0 Å². The lowest BCUT2D eigenvalue weighted by Gasteiger charge is -2.03. The number of nitrogens with zero attached hydrogens (tertiary/aromatic N) is 2. The van der Waals surface area contributed by atoms with Crippen LogP contribution in [-0.2, 0) is 6.42 Å². The number of rotatable bonds is 4. The first-order valence-electron chi connectivity index (χ1n) is 5.10. The Balaban J connectivity index is 2.11. The van der Waals surface area contributed by atoms with E-state index in [1.807, 2.05) is 25.1 Å². The summed E-state index contributed by atoms with van der Waals surface area (Å²) in [6.07, 6.45) is 0.579. The lowest BCUT2D eigenvalue weighted by molar-refractivity contribution is 0.516. The van der Waals surface area contributed by atoms with Gasteiger partial charge >= 0.3 is 6.01 Å². The first-order chi connectivity index (χ1) is 8.19. The Bertz CT molecular complexity index is 515. The summed E-state index contributed by atoms with van der Waals surface area (Å²) >= 11 is 9.04. The molecule has 0 saturated heterocycles. The van der Waals surface area contributed by atoms with E-state index >= 15 is 0 Å². The Kier molecular flexibility index (Phi) is 4.02. The van der Waals surface area contributed by atoms with E-state index in [1.54, 1.807) is 0 Å². The Morgan fingerprint density at radius 1 is 1.41 bits per heavy atom. The van der Waals surface area contributed by atoms with Gasteiger partial charge in [-0.05, 0) is 30.7 Å². The monoisotopic (exact) mass is 315 g/mol. The average Bonchev–Trinajstić information content (AvgIpc) is 2.72. The normalized spacial score (nSPS) is 10.5. The fraction of sp³-hybridized carbons (Fsp3) is 0.273. The predicted molar refractivity (Wildman–Crippen MR) is 70.9 cm³/mol. The average molecular weight is 317 g/mol. The third-order valence-corrected chi connectivity index (χ3v) is 3.26. The minimum absolute atomic E-state index is 0.381. The van der Waals surface area contributed by atoms with Crippen molar-refractivity contribution in [3.63, 3.8) is 0 Å². The second-order valence-corrected chi connectivity index (χ2v) is 4.76. The van der Waals surface area contributed by atoms with Crippen LogP contribution in [-0.4, -0.2) is 16.1 Å². The maximum absolute atomic E-state index is 5.59. The minimum Gasteiger partial charge on any atom is -0.408 e. The maximum Gasteiger partial charge on any atom is 0.320 e. The van der Waals surface area contributed by atoms with Crippen molar-refractivity contribution in [2.45, 2.75) is 13.3 Å². The van der Waals surface area contributed by atoms with Gasteiger partial charge in [-0.1, -0.05) is 21.0 Å². The molecular formula is C11H11BrClN3O. The summed E-state index contributed by atoms with van der Waals surface area (Å²) in [5.41, 5.74) is 2.04. The molecule has 0 bridgehead atoms. The highest BCUT2D eigenvalue weighted by Crippen LogP contribution is 2.22. The molecule has 0 aliphatic carbocycles. The number of halogens is 2. The van der Waals surface area contributed by atoms with Crippen molar-refractivity contribution >= 4 is 39.2 Å². The van der Waals surface area contributed by atoms with Crippen LogP contribution in [0, 0.1) is 6.92 Å². The van der Waals surface area contributed by atoms with E-state index in [1.165, 1.54) is 0 Å². The number of alkyl halides is 1. The second-order valence-electron chi connectivity index (χ2n) is 3.53. The van der Waals surface area contributed by atoms with Gasteiger partial charge < -0.3 is 9.73 Å². The van der Waals surface area contributed by atoms with E-state index in [2.05, 4.69) is 31.4 Å². The van der Waals surface area contributed by atoms with E-state index in [0.717, 1.165) is 15.7 Å². The number of anilines is 2. The largest absolute Gasteiger partial charge is 0.408 e. The molecule has 0 spiro atoms. The second kappa shape index (κ2) is 5.51. The van der Waals surface area contributed by atoms with Gasteiger partial charge in [0.05, 0.1) is 0 Å². The molecule has 0 saturated carbocycles. The van der Waals surface area contributed by atoms with Crippen molar-refractivity contribution in [1.82, 2.24) is 10.2 Å². The highest BCUT2D eigenvalue weighted by Gasteiger charge is 2.06. The smallest absolute Gasteiger partial charge is 0.320 e. The van der Waals surface area contributed by atoms with E-state index in [0.29, 0.717) is 24.2 Å². The lowest BCUT2D eigenvalue weighted by Crippen LogP contribution is -1.91. The molecule has 0 aliphatic heterocycles. The Hall–Kier alpha value is -1.07. The number of aromatic nitrogens is 2. The van der Waals surface area contributed by atoms with Gasteiger partial charge in [-0.15, -0.1) is 16.7 Å². The number of hydrogen-bond acceptors (Lipinski definition) is 4. The van der Waals surface area contributed by atoms with Gasteiger partial charge in [0, 0.05) is 22.5 Å². The van der Waals surface area contributed by atoms with Gasteiger partial charge in [-0.2, -0.15) is 0 Å². The fourth-order valence-electron chi connectivity index (χ4n) is 1.33. The molecule has 0 unspecified atom stereocenters. The summed E-state index contributed by atoms with van der Waals surface area (Å²) in [5, 5.41) is 10.8.